The number of alkyl halides is 1. The molecule has 0 saturated carbocycles. The van der Waals surface area contributed by atoms with Gasteiger partial charge in [0.1, 0.15) is 5.88 Å². The monoisotopic (exact) mass is 175 g/mol. The Morgan fingerprint density at radius 2 is 2.00 bits per heavy atom. The molecule has 0 aliphatic rings. The van der Waals surface area contributed by atoms with E-state index >= 15 is 0 Å². The van der Waals surface area contributed by atoms with Crippen molar-refractivity contribution >= 4 is 23.3 Å². The van der Waals surface area contributed by atoms with Gasteiger partial charge in [-0.3, -0.25) is 9.59 Å². The fourth-order valence-corrected chi connectivity index (χ4v) is 0.661. The molecule has 0 aromatic carbocycles. The molecule has 62 valence electrons. The molecule has 0 aliphatic carbocycles. The van der Waals surface area contributed by atoms with Crippen molar-refractivity contribution in [2.75, 3.05) is 5.88 Å². The molecule has 0 spiro atoms. The Morgan fingerprint density at radius 1 is 1.45 bits per heavy atom. The molecule has 0 atom stereocenters. The van der Waals surface area contributed by atoms with Crippen LogP contribution < -0.4 is 5.32 Å². The third-order valence-electron chi connectivity index (χ3n) is 0.878. The van der Waals surface area contributed by atoms with Gasteiger partial charge in [-0.1, -0.05) is 0 Å². The van der Waals surface area contributed by atoms with Crippen molar-refractivity contribution in [2.45, 2.75) is 13.8 Å². The van der Waals surface area contributed by atoms with Crippen molar-refractivity contribution in [2.24, 2.45) is 0 Å². The second kappa shape index (κ2) is 4.91. The number of rotatable bonds is 3. The fourth-order valence-electron chi connectivity index (χ4n) is 0.594. The zero-order chi connectivity index (χ0) is 8.85. The molecular weight excluding hydrogens is 166 g/mol. The number of halogens is 1. The van der Waals surface area contributed by atoms with E-state index in [0.29, 0.717) is 5.70 Å². The van der Waals surface area contributed by atoms with Crippen LogP contribution in [0, 0.1) is 0 Å². The minimum atomic E-state index is -0.304. The van der Waals surface area contributed by atoms with Crippen LogP contribution >= 0.6 is 11.6 Å². The molecule has 1 N–H and O–H groups in total. The Labute approximate surface area is 70.4 Å². The molecule has 0 bridgehead atoms. The van der Waals surface area contributed by atoms with E-state index in [-0.39, 0.29) is 17.6 Å². The molecule has 0 aliphatic heterocycles. The lowest BCUT2D eigenvalue weighted by Gasteiger charge is -1.99. The molecule has 0 heterocycles. The highest BCUT2D eigenvalue weighted by Gasteiger charge is 1.98. The second-order valence-corrected chi connectivity index (χ2v) is 2.39. The maximum absolute atomic E-state index is 10.6. The highest BCUT2D eigenvalue weighted by Crippen LogP contribution is 1.87. The predicted molar refractivity (Wildman–Crippen MR) is 43.3 cm³/mol. The van der Waals surface area contributed by atoms with Crippen molar-refractivity contribution in [3.05, 3.63) is 11.8 Å². The molecule has 11 heavy (non-hydrogen) atoms. The van der Waals surface area contributed by atoms with E-state index in [1.807, 2.05) is 0 Å². The molecule has 0 saturated heterocycles. The summed E-state index contributed by atoms with van der Waals surface area (Å²) in [4.78, 5) is 21.1. The van der Waals surface area contributed by atoms with Crippen LogP contribution in [0.15, 0.2) is 11.8 Å². The van der Waals surface area contributed by atoms with Gasteiger partial charge < -0.3 is 5.32 Å². The van der Waals surface area contributed by atoms with Crippen molar-refractivity contribution in [1.82, 2.24) is 5.32 Å². The van der Waals surface area contributed by atoms with Crippen LogP contribution in [-0.4, -0.2) is 17.6 Å². The SMILES string of the molecule is CC(=O)C=C(C)NC(=O)CCl. The van der Waals surface area contributed by atoms with Crippen molar-refractivity contribution in [1.29, 1.82) is 0 Å². The molecule has 0 aromatic rings. The van der Waals surface area contributed by atoms with Gasteiger partial charge in [0, 0.05) is 5.70 Å². The van der Waals surface area contributed by atoms with Gasteiger partial charge in [-0.25, -0.2) is 0 Å². The summed E-state index contributed by atoms with van der Waals surface area (Å²) in [6.07, 6.45) is 1.34. The number of carbonyl (C=O) groups is 2. The van der Waals surface area contributed by atoms with Gasteiger partial charge in [-0.2, -0.15) is 0 Å². The zero-order valence-electron chi connectivity index (χ0n) is 6.48. The Balaban J connectivity index is 3.96. The Morgan fingerprint density at radius 3 is 2.36 bits per heavy atom. The molecule has 0 unspecified atom stereocenters. The first kappa shape index (κ1) is 10.2. The second-order valence-electron chi connectivity index (χ2n) is 2.12. The summed E-state index contributed by atoms with van der Waals surface area (Å²) in [7, 11) is 0. The summed E-state index contributed by atoms with van der Waals surface area (Å²) in [5.41, 5.74) is 0.517. The zero-order valence-corrected chi connectivity index (χ0v) is 7.23. The minimum Gasteiger partial charge on any atom is -0.329 e. The molecular formula is C7H10ClNO2. The lowest BCUT2D eigenvalue weighted by atomic mass is 10.3. The predicted octanol–water partition coefficient (Wildman–Crippen LogP) is 0.834. The largest absolute Gasteiger partial charge is 0.329 e. The highest BCUT2D eigenvalue weighted by molar-refractivity contribution is 6.27. The average molecular weight is 176 g/mol. The van der Waals surface area contributed by atoms with Gasteiger partial charge in [0.2, 0.25) is 5.91 Å². The maximum atomic E-state index is 10.6. The van der Waals surface area contributed by atoms with E-state index in [9.17, 15) is 9.59 Å². The van der Waals surface area contributed by atoms with Crippen molar-refractivity contribution < 1.29 is 9.59 Å². The van der Waals surface area contributed by atoms with E-state index in [1.54, 1.807) is 6.92 Å². The summed E-state index contributed by atoms with van der Waals surface area (Å²) in [5, 5.41) is 2.43. The summed E-state index contributed by atoms with van der Waals surface area (Å²) >= 11 is 5.21. The minimum absolute atomic E-state index is 0.0942. The maximum Gasteiger partial charge on any atom is 0.239 e. The first-order chi connectivity index (χ1) is 5.06. The molecule has 1 amide bonds. The van der Waals surface area contributed by atoms with Crippen LogP contribution in [0.4, 0.5) is 0 Å². The number of allylic oxidation sites excluding steroid dienone is 2. The van der Waals surface area contributed by atoms with Crippen LogP contribution in [0.25, 0.3) is 0 Å². The quantitative estimate of drug-likeness (QED) is 0.510. The van der Waals surface area contributed by atoms with Crippen LogP contribution in [-0.2, 0) is 9.59 Å². The third kappa shape index (κ3) is 5.61. The number of amides is 1. The van der Waals surface area contributed by atoms with Crippen LogP contribution in [0.5, 0.6) is 0 Å². The Hall–Kier alpha value is -0.830. The highest BCUT2D eigenvalue weighted by atomic mass is 35.5. The van der Waals surface area contributed by atoms with Crippen LogP contribution in [0.3, 0.4) is 0 Å². The van der Waals surface area contributed by atoms with Crippen LogP contribution in [0.1, 0.15) is 13.8 Å². The smallest absolute Gasteiger partial charge is 0.239 e. The summed E-state index contributed by atoms with van der Waals surface area (Å²) < 4.78 is 0. The van der Waals surface area contributed by atoms with E-state index in [4.69, 9.17) is 11.6 Å². The first-order valence-corrected chi connectivity index (χ1v) is 3.64. The van der Waals surface area contributed by atoms with Gasteiger partial charge in [0.25, 0.3) is 0 Å². The summed E-state index contributed by atoms with van der Waals surface area (Å²) in [5.74, 6) is -0.498. The Kier molecular flexibility index (Phi) is 4.54. The van der Waals surface area contributed by atoms with E-state index < -0.39 is 0 Å². The molecule has 3 nitrogen and oxygen atoms in total. The van der Waals surface area contributed by atoms with Crippen LogP contribution in [0.2, 0.25) is 0 Å². The average Bonchev–Trinajstić information content (AvgIpc) is 1.85. The van der Waals surface area contributed by atoms with E-state index in [1.165, 1.54) is 13.0 Å². The molecule has 0 rings (SSSR count). The number of hydrogen-bond donors (Lipinski definition) is 1. The summed E-state index contributed by atoms with van der Waals surface area (Å²) in [6.45, 7) is 3.04. The van der Waals surface area contributed by atoms with Crippen molar-refractivity contribution in [3.8, 4) is 0 Å². The topological polar surface area (TPSA) is 46.2 Å². The van der Waals surface area contributed by atoms with Gasteiger partial charge >= 0.3 is 0 Å². The van der Waals surface area contributed by atoms with E-state index in [0.717, 1.165) is 0 Å². The lowest BCUT2D eigenvalue weighted by Crippen LogP contribution is -2.22. The number of hydrogen-bond acceptors (Lipinski definition) is 2. The van der Waals surface area contributed by atoms with Gasteiger partial charge in [0.05, 0.1) is 0 Å². The lowest BCUT2D eigenvalue weighted by molar-refractivity contribution is -0.117. The molecule has 0 radical (unpaired) electrons. The molecule has 4 heteroatoms. The normalized spacial score (nSPS) is 11.0. The summed E-state index contributed by atoms with van der Waals surface area (Å²) in [6, 6.07) is 0. The number of carbonyl (C=O) groups excluding carboxylic acids is 2. The van der Waals surface area contributed by atoms with Gasteiger partial charge in [-0.15, -0.1) is 11.6 Å². The van der Waals surface area contributed by atoms with Crippen molar-refractivity contribution in [3.63, 3.8) is 0 Å². The number of nitrogens with one attached hydrogen (secondary N) is 1. The van der Waals surface area contributed by atoms with Gasteiger partial charge in [0.15, 0.2) is 5.78 Å². The Bertz CT molecular complexity index is 199. The third-order valence-corrected chi connectivity index (χ3v) is 1.12. The standard InChI is InChI=1S/C7H10ClNO2/c1-5(3-6(2)10)9-7(11)4-8/h3H,4H2,1-2H3,(H,9,11). The number of ketones is 1. The van der Waals surface area contributed by atoms with Gasteiger partial charge in [-0.05, 0) is 19.9 Å². The molecule has 0 aromatic heterocycles. The first-order valence-electron chi connectivity index (χ1n) is 3.11. The fraction of sp³-hybridized carbons (Fsp3) is 0.429. The molecule has 0 fully saturated rings. The van der Waals surface area contributed by atoms with E-state index in [2.05, 4.69) is 5.32 Å².